The number of amides is 1. The lowest BCUT2D eigenvalue weighted by molar-refractivity contribution is -0.116. The van der Waals surface area contributed by atoms with Crippen LogP contribution in [0.25, 0.3) is 0 Å². The summed E-state index contributed by atoms with van der Waals surface area (Å²) < 4.78 is 27.5. The van der Waals surface area contributed by atoms with Crippen LogP contribution in [-0.4, -0.2) is 23.3 Å². The number of hydrogen-bond donors (Lipinski definition) is 3. The van der Waals surface area contributed by atoms with Crippen molar-refractivity contribution in [1.82, 2.24) is 16.1 Å². The quantitative estimate of drug-likeness (QED) is 0.261. The second-order valence-electron chi connectivity index (χ2n) is 8.98. The Morgan fingerprint density at radius 2 is 1.60 bits per heavy atom. The summed E-state index contributed by atoms with van der Waals surface area (Å²) >= 11 is 0. The van der Waals surface area contributed by atoms with Crippen LogP contribution in [0.4, 0.5) is 14.5 Å². The molecule has 8 heteroatoms. The number of hydrogen-bond acceptors (Lipinski definition) is 5. The molecule has 3 rings (SSSR count). The van der Waals surface area contributed by atoms with Gasteiger partial charge in [-0.3, -0.25) is 9.80 Å². The molecule has 190 valence electrons. The minimum atomic E-state index is -0.822. The number of halogens is 2. The lowest BCUT2D eigenvalue weighted by atomic mass is 9.96. The van der Waals surface area contributed by atoms with Crippen molar-refractivity contribution < 1.29 is 13.6 Å². The fourth-order valence-electron chi connectivity index (χ4n) is 4.27. The second kappa shape index (κ2) is 14.4. The van der Waals surface area contributed by atoms with Crippen molar-refractivity contribution in [3.8, 4) is 0 Å². The van der Waals surface area contributed by atoms with E-state index in [9.17, 15) is 13.6 Å². The first-order valence-corrected chi connectivity index (χ1v) is 12.8. The summed E-state index contributed by atoms with van der Waals surface area (Å²) in [5, 5.41) is 8.76. The van der Waals surface area contributed by atoms with Gasteiger partial charge in [-0.05, 0) is 24.1 Å². The van der Waals surface area contributed by atoms with Gasteiger partial charge in [0.05, 0.1) is 5.69 Å². The van der Waals surface area contributed by atoms with Gasteiger partial charge in [-0.2, -0.15) is 0 Å². The SMILES string of the molecule is CCCCCCCCCCCCN1NNN=C1C(C(=O)Nc1ccc(F)cc1F)c1ccccc1. The summed E-state index contributed by atoms with van der Waals surface area (Å²) in [5.74, 6) is -2.23. The molecule has 2 aromatic carbocycles. The number of nitrogens with one attached hydrogen (secondary N) is 3. The summed E-state index contributed by atoms with van der Waals surface area (Å²) in [6.45, 7) is 2.92. The summed E-state index contributed by atoms with van der Waals surface area (Å²) in [4.78, 5) is 13.3. The Kier molecular flexibility index (Phi) is 11.0. The largest absolute Gasteiger partial charge is 0.323 e. The van der Waals surface area contributed by atoms with Gasteiger partial charge in [0, 0.05) is 12.6 Å². The Morgan fingerprint density at radius 1 is 0.943 bits per heavy atom. The van der Waals surface area contributed by atoms with Crippen LogP contribution < -0.4 is 16.4 Å². The number of carbonyl (C=O) groups is 1. The Morgan fingerprint density at radius 3 is 2.26 bits per heavy atom. The van der Waals surface area contributed by atoms with Crippen molar-refractivity contribution in [3.63, 3.8) is 0 Å². The molecule has 1 amide bonds. The molecule has 0 saturated heterocycles. The summed E-state index contributed by atoms with van der Waals surface area (Å²) in [6.07, 6.45) is 12.4. The van der Waals surface area contributed by atoms with Crippen LogP contribution in [0, 0.1) is 11.6 Å². The van der Waals surface area contributed by atoms with Crippen LogP contribution in [0.2, 0.25) is 0 Å². The summed E-state index contributed by atoms with van der Waals surface area (Å²) in [6, 6.07) is 12.3. The molecule has 1 aliphatic rings. The molecular weight excluding hydrogens is 448 g/mol. The van der Waals surface area contributed by atoms with Crippen molar-refractivity contribution >= 4 is 17.4 Å². The van der Waals surface area contributed by atoms with Crippen LogP contribution in [0.3, 0.4) is 0 Å². The molecular formula is C27H37F2N5O. The minimum absolute atomic E-state index is 0.0712. The van der Waals surface area contributed by atoms with Crippen LogP contribution >= 0.6 is 0 Å². The van der Waals surface area contributed by atoms with Gasteiger partial charge in [0.25, 0.3) is 0 Å². The molecule has 0 bridgehead atoms. The zero-order valence-electron chi connectivity index (χ0n) is 20.5. The third-order valence-corrected chi connectivity index (χ3v) is 6.21. The fourth-order valence-corrected chi connectivity index (χ4v) is 4.27. The van der Waals surface area contributed by atoms with E-state index < -0.39 is 23.5 Å². The molecule has 1 aliphatic heterocycles. The average molecular weight is 486 g/mol. The molecule has 2 aromatic rings. The zero-order chi connectivity index (χ0) is 24.9. The van der Waals surface area contributed by atoms with E-state index in [2.05, 4.69) is 28.4 Å². The van der Waals surface area contributed by atoms with Crippen LogP contribution in [0.5, 0.6) is 0 Å². The normalized spacial score (nSPS) is 13.9. The van der Waals surface area contributed by atoms with E-state index >= 15 is 0 Å². The van der Waals surface area contributed by atoms with E-state index in [0.717, 1.165) is 30.5 Å². The van der Waals surface area contributed by atoms with E-state index in [4.69, 9.17) is 0 Å². The second-order valence-corrected chi connectivity index (χ2v) is 8.98. The highest BCUT2D eigenvalue weighted by Gasteiger charge is 2.33. The lowest BCUT2D eigenvalue weighted by Crippen LogP contribution is -2.45. The van der Waals surface area contributed by atoms with Gasteiger partial charge in [-0.1, -0.05) is 95.0 Å². The standard InChI is InChI=1S/C27H37F2N5O/c1-2-3-4-5-6-7-8-9-10-14-19-34-26(31-32-33-34)25(21-15-12-11-13-16-21)27(35)30-24-18-17-22(28)20-23(24)29/h11-13,15-18,20,25,32-33H,2-10,14,19H2,1H3,(H,30,35). The number of amidine groups is 1. The maximum absolute atomic E-state index is 14.2. The molecule has 6 nitrogen and oxygen atoms in total. The highest BCUT2D eigenvalue weighted by atomic mass is 19.1. The molecule has 35 heavy (non-hydrogen) atoms. The monoisotopic (exact) mass is 485 g/mol. The molecule has 0 spiro atoms. The van der Waals surface area contributed by atoms with E-state index in [0.29, 0.717) is 12.4 Å². The fraction of sp³-hybridized carbons (Fsp3) is 0.481. The third-order valence-electron chi connectivity index (χ3n) is 6.21. The molecule has 1 unspecified atom stereocenters. The minimum Gasteiger partial charge on any atom is -0.323 e. The highest BCUT2D eigenvalue weighted by molar-refractivity contribution is 6.13. The summed E-state index contributed by atoms with van der Waals surface area (Å²) in [5.41, 5.74) is 6.41. The first-order chi connectivity index (χ1) is 17.1. The number of nitrogens with zero attached hydrogens (tertiary/aromatic N) is 2. The van der Waals surface area contributed by atoms with E-state index in [-0.39, 0.29) is 5.69 Å². The Balaban J connectivity index is 1.56. The van der Waals surface area contributed by atoms with E-state index in [1.54, 1.807) is 0 Å². The number of benzene rings is 2. The first kappa shape index (κ1) is 26.6. The molecule has 1 atom stereocenters. The zero-order valence-corrected chi connectivity index (χ0v) is 20.5. The Labute approximate surface area is 207 Å². The topological polar surface area (TPSA) is 68.8 Å². The van der Waals surface area contributed by atoms with Gasteiger partial charge in [0.1, 0.15) is 17.6 Å². The number of unbranched alkanes of at least 4 members (excludes halogenated alkanes) is 9. The van der Waals surface area contributed by atoms with Crippen LogP contribution in [0.1, 0.15) is 82.6 Å². The molecule has 0 aromatic heterocycles. The number of hydrazine groups is 2. The third kappa shape index (κ3) is 8.31. The lowest BCUT2D eigenvalue weighted by Gasteiger charge is -2.25. The summed E-state index contributed by atoms with van der Waals surface area (Å²) in [7, 11) is 0. The van der Waals surface area contributed by atoms with Gasteiger partial charge in [0.2, 0.25) is 5.91 Å². The maximum atomic E-state index is 14.2. The highest BCUT2D eigenvalue weighted by Crippen LogP contribution is 2.24. The van der Waals surface area contributed by atoms with Gasteiger partial charge >= 0.3 is 0 Å². The van der Waals surface area contributed by atoms with Crippen molar-refractivity contribution in [2.75, 3.05) is 11.9 Å². The number of carbonyl (C=O) groups excluding carboxylic acids is 1. The van der Waals surface area contributed by atoms with Gasteiger partial charge < -0.3 is 5.32 Å². The van der Waals surface area contributed by atoms with Gasteiger partial charge in [0.15, 0.2) is 5.84 Å². The van der Waals surface area contributed by atoms with E-state index in [1.165, 1.54) is 57.4 Å². The van der Waals surface area contributed by atoms with Crippen molar-refractivity contribution in [2.24, 2.45) is 5.10 Å². The Bertz CT molecular complexity index is 954. The van der Waals surface area contributed by atoms with Crippen molar-refractivity contribution in [3.05, 3.63) is 65.7 Å². The number of hydrazone groups is 1. The Hall–Kier alpha value is -3.00. The molecule has 1 heterocycles. The molecule has 0 saturated carbocycles. The van der Waals surface area contributed by atoms with Crippen molar-refractivity contribution in [1.29, 1.82) is 0 Å². The van der Waals surface area contributed by atoms with Crippen LogP contribution in [0.15, 0.2) is 53.6 Å². The first-order valence-electron chi connectivity index (χ1n) is 12.8. The average Bonchev–Trinajstić information content (AvgIpc) is 3.31. The van der Waals surface area contributed by atoms with Gasteiger partial charge in [-0.25, -0.2) is 14.3 Å². The molecule has 0 aliphatic carbocycles. The predicted molar refractivity (Wildman–Crippen MR) is 136 cm³/mol. The van der Waals surface area contributed by atoms with Crippen molar-refractivity contribution in [2.45, 2.75) is 77.0 Å². The molecule has 0 radical (unpaired) electrons. The smallest absolute Gasteiger partial charge is 0.239 e. The van der Waals surface area contributed by atoms with Crippen LogP contribution in [-0.2, 0) is 4.79 Å². The van der Waals surface area contributed by atoms with Gasteiger partial charge in [-0.15, -0.1) is 10.6 Å². The predicted octanol–water partition coefficient (Wildman–Crippen LogP) is 6.25. The number of rotatable bonds is 15. The molecule has 3 N–H and O–H groups in total. The van der Waals surface area contributed by atoms with E-state index in [1.807, 2.05) is 35.3 Å². The molecule has 0 fully saturated rings. The number of anilines is 1. The maximum Gasteiger partial charge on any atom is 0.239 e.